The van der Waals surface area contributed by atoms with Gasteiger partial charge in [0.25, 0.3) is 0 Å². The fourth-order valence-corrected chi connectivity index (χ4v) is 5.63. The molecule has 1 atom stereocenters. The van der Waals surface area contributed by atoms with Crippen molar-refractivity contribution >= 4 is 16.9 Å². The second-order valence-electron chi connectivity index (χ2n) is 11.0. The molecule has 9 heteroatoms. The van der Waals surface area contributed by atoms with Crippen molar-refractivity contribution < 1.29 is 9.50 Å². The molecule has 1 aromatic carbocycles. The number of phenols is 1. The molecule has 1 aliphatic carbocycles. The van der Waals surface area contributed by atoms with Crippen LogP contribution in [0, 0.1) is 12.7 Å². The summed E-state index contributed by atoms with van der Waals surface area (Å²) in [5, 5.41) is 14.3. The number of piperazine rings is 1. The van der Waals surface area contributed by atoms with E-state index in [-0.39, 0.29) is 23.4 Å². The molecule has 39 heavy (non-hydrogen) atoms. The summed E-state index contributed by atoms with van der Waals surface area (Å²) in [4.78, 5) is 30.5. The van der Waals surface area contributed by atoms with Gasteiger partial charge in [0, 0.05) is 37.4 Å². The van der Waals surface area contributed by atoms with E-state index >= 15 is 4.39 Å². The Balaban J connectivity index is 1.75. The van der Waals surface area contributed by atoms with Crippen LogP contribution in [-0.4, -0.2) is 50.3 Å². The second kappa shape index (κ2) is 9.72. The predicted octanol–water partition coefficient (Wildman–Crippen LogP) is 4.79. The molecule has 2 aliphatic rings. The van der Waals surface area contributed by atoms with Crippen molar-refractivity contribution in [3.8, 4) is 22.7 Å². The number of aromatic nitrogens is 4. The largest absolute Gasteiger partial charge is 0.505 e. The zero-order valence-corrected chi connectivity index (χ0v) is 22.7. The molecule has 3 aromatic heterocycles. The molecule has 0 unspecified atom stereocenters. The van der Waals surface area contributed by atoms with Crippen LogP contribution in [0.3, 0.4) is 0 Å². The molecule has 4 heterocycles. The topological polar surface area (TPSA) is 96.2 Å². The Morgan fingerprint density at radius 1 is 1.18 bits per heavy atom. The minimum Gasteiger partial charge on any atom is -0.505 e. The average molecular weight is 529 g/mol. The van der Waals surface area contributed by atoms with Crippen LogP contribution in [0.15, 0.2) is 41.3 Å². The maximum atomic E-state index is 15.3. The zero-order chi connectivity index (χ0) is 27.4. The maximum Gasteiger partial charge on any atom is 0.355 e. The molecule has 0 amide bonds. The molecule has 6 rings (SSSR count). The standard InChI is InChI=1S/C30H33FN6O2/c1-16(2)25-27(17(3)10-11-33-25)37-29-22(28(35-30(37)39)36-13-12-32-15-18(36)4)14-21(19-8-9-19)26(34-29)20-6-5-7-23(38)24(20)31/h5-7,10-11,14,16,18-19,32,38H,8-9,12-13,15H2,1-4H3/t18-/m0/s1. The number of anilines is 1. The third-order valence-electron chi connectivity index (χ3n) is 7.83. The molecule has 0 radical (unpaired) electrons. The Hall–Kier alpha value is -3.85. The summed E-state index contributed by atoms with van der Waals surface area (Å²) >= 11 is 0. The van der Waals surface area contributed by atoms with Gasteiger partial charge in [0.05, 0.1) is 22.5 Å². The summed E-state index contributed by atoms with van der Waals surface area (Å²) in [6.45, 7) is 10.4. The third kappa shape index (κ3) is 4.34. The van der Waals surface area contributed by atoms with E-state index in [1.165, 1.54) is 6.07 Å². The van der Waals surface area contributed by atoms with Gasteiger partial charge in [-0.3, -0.25) is 4.98 Å². The third-order valence-corrected chi connectivity index (χ3v) is 7.83. The van der Waals surface area contributed by atoms with Crippen molar-refractivity contribution in [2.75, 3.05) is 24.5 Å². The summed E-state index contributed by atoms with van der Waals surface area (Å²) in [6.07, 6.45) is 3.70. The van der Waals surface area contributed by atoms with Crippen LogP contribution in [0.5, 0.6) is 5.75 Å². The van der Waals surface area contributed by atoms with Gasteiger partial charge in [-0.25, -0.2) is 18.7 Å². The first kappa shape index (κ1) is 25.4. The minimum absolute atomic E-state index is 0.0449. The van der Waals surface area contributed by atoms with Gasteiger partial charge in [-0.1, -0.05) is 19.9 Å². The normalized spacial score (nSPS) is 17.8. The van der Waals surface area contributed by atoms with E-state index in [0.29, 0.717) is 29.4 Å². The second-order valence-corrected chi connectivity index (χ2v) is 11.0. The molecular formula is C30H33FN6O2. The molecule has 0 bridgehead atoms. The molecule has 1 saturated carbocycles. The average Bonchev–Trinajstić information content (AvgIpc) is 3.75. The van der Waals surface area contributed by atoms with Crippen molar-refractivity contribution in [2.24, 2.45) is 0 Å². The highest BCUT2D eigenvalue weighted by atomic mass is 19.1. The van der Waals surface area contributed by atoms with Crippen molar-refractivity contribution in [1.82, 2.24) is 24.8 Å². The maximum absolute atomic E-state index is 15.3. The van der Waals surface area contributed by atoms with Crippen molar-refractivity contribution in [3.05, 3.63) is 69.7 Å². The smallest absolute Gasteiger partial charge is 0.355 e. The van der Waals surface area contributed by atoms with Gasteiger partial charge in [-0.15, -0.1) is 0 Å². The van der Waals surface area contributed by atoms with E-state index in [4.69, 9.17) is 4.98 Å². The van der Waals surface area contributed by atoms with Gasteiger partial charge in [0.15, 0.2) is 17.2 Å². The van der Waals surface area contributed by atoms with Gasteiger partial charge in [0.1, 0.15) is 5.82 Å². The Morgan fingerprint density at radius 2 is 1.97 bits per heavy atom. The van der Waals surface area contributed by atoms with Gasteiger partial charge in [-0.2, -0.15) is 4.98 Å². The van der Waals surface area contributed by atoms with Crippen LogP contribution in [0.25, 0.3) is 28.0 Å². The van der Waals surface area contributed by atoms with Gasteiger partial charge in [0.2, 0.25) is 0 Å². The number of aromatic hydroxyl groups is 1. The van der Waals surface area contributed by atoms with Gasteiger partial charge >= 0.3 is 5.69 Å². The monoisotopic (exact) mass is 528 g/mol. The van der Waals surface area contributed by atoms with Crippen molar-refractivity contribution in [1.29, 1.82) is 0 Å². The Kier molecular flexibility index (Phi) is 6.33. The summed E-state index contributed by atoms with van der Waals surface area (Å²) in [5.74, 6) is -0.262. The molecular weight excluding hydrogens is 495 g/mol. The van der Waals surface area contributed by atoms with E-state index in [1.54, 1.807) is 22.9 Å². The summed E-state index contributed by atoms with van der Waals surface area (Å²) in [5.41, 5.74) is 3.84. The molecule has 202 valence electrons. The lowest BCUT2D eigenvalue weighted by Gasteiger charge is -2.35. The Labute approximate surface area is 226 Å². The first-order chi connectivity index (χ1) is 18.8. The first-order valence-corrected chi connectivity index (χ1v) is 13.6. The zero-order valence-electron chi connectivity index (χ0n) is 22.7. The number of hydrogen-bond donors (Lipinski definition) is 2. The van der Waals surface area contributed by atoms with E-state index in [0.717, 1.165) is 48.1 Å². The minimum atomic E-state index is -0.717. The molecule has 1 saturated heterocycles. The SMILES string of the molecule is Cc1ccnc(C(C)C)c1-n1c(=O)nc(N2CCNC[C@@H]2C)c2cc(C3CC3)c(-c3cccc(O)c3F)nc21. The highest BCUT2D eigenvalue weighted by molar-refractivity contribution is 5.92. The number of rotatable bonds is 5. The summed E-state index contributed by atoms with van der Waals surface area (Å²) in [6, 6.07) is 8.63. The Bertz CT molecular complexity index is 1650. The lowest BCUT2D eigenvalue weighted by Crippen LogP contribution is -2.50. The number of pyridine rings is 2. The van der Waals surface area contributed by atoms with Crippen LogP contribution >= 0.6 is 0 Å². The number of benzene rings is 1. The Morgan fingerprint density at radius 3 is 2.69 bits per heavy atom. The van der Waals surface area contributed by atoms with E-state index in [1.807, 2.05) is 32.9 Å². The molecule has 0 spiro atoms. The van der Waals surface area contributed by atoms with Crippen LogP contribution in [0.2, 0.25) is 0 Å². The fraction of sp³-hybridized carbons (Fsp3) is 0.400. The predicted molar refractivity (Wildman–Crippen MR) is 150 cm³/mol. The van der Waals surface area contributed by atoms with Gasteiger partial charge < -0.3 is 15.3 Å². The highest BCUT2D eigenvalue weighted by Crippen LogP contribution is 2.46. The number of nitrogens with zero attached hydrogens (tertiary/aromatic N) is 5. The van der Waals surface area contributed by atoms with Crippen LogP contribution < -0.4 is 15.9 Å². The molecule has 2 fully saturated rings. The van der Waals surface area contributed by atoms with Crippen molar-refractivity contribution in [2.45, 2.75) is 58.4 Å². The van der Waals surface area contributed by atoms with Crippen molar-refractivity contribution in [3.63, 3.8) is 0 Å². The summed E-state index contributed by atoms with van der Waals surface area (Å²) < 4.78 is 16.9. The summed E-state index contributed by atoms with van der Waals surface area (Å²) in [7, 11) is 0. The first-order valence-electron chi connectivity index (χ1n) is 13.6. The number of phenolic OH excluding ortho intramolecular Hbond substituents is 1. The van der Waals surface area contributed by atoms with E-state index < -0.39 is 17.3 Å². The number of hydrogen-bond acceptors (Lipinski definition) is 7. The lowest BCUT2D eigenvalue weighted by atomic mass is 9.99. The van der Waals surface area contributed by atoms with Crippen LogP contribution in [0.1, 0.15) is 62.3 Å². The molecule has 8 nitrogen and oxygen atoms in total. The number of halogens is 1. The van der Waals surface area contributed by atoms with E-state index in [2.05, 4.69) is 27.1 Å². The quantitative estimate of drug-likeness (QED) is 0.384. The van der Waals surface area contributed by atoms with E-state index in [9.17, 15) is 9.90 Å². The lowest BCUT2D eigenvalue weighted by molar-refractivity contribution is 0.433. The number of aryl methyl sites for hydroxylation is 1. The molecule has 4 aromatic rings. The van der Waals surface area contributed by atoms with Gasteiger partial charge in [-0.05, 0) is 73.9 Å². The fourth-order valence-electron chi connectivity index (χ4n) is 5.63. The molecule has 2 N–H and O–H groups in total. The molecule has 1 aliphatic heterocycles. The highest BCUT2D eigenvalue weighted by Gasteiger charge is 2.32. The number of fused-ring (bicyclic) bond motifs is 1. The van der Waals surface area contributed by atoms with Crippen LogP contribution in [-0.2, 0) is 0 Å². The van der Waals surface area contributed by atoms with Crippen LogP contribution in [0.4, 0.5) is 10.2 Å². The number of nitrogens with one attached hydrogen (secondary N) is 1.